The monoisotopic (exact) mass is 406 g/mol. The molecule has 9 nitrogen and oxygen atoms in total. The number of aromatic nitrogens is 4. The highest BCUT2D eigenvalue weighted by Crippen LogP contribution is 2.51. The van der Waals surface area contributed by atoms with Crippen molar-refractivity contribution < 1.29 is 13.6 Å². The van der Waals surface area contributed by atoms with Crippen LogP contribution >= 0.6 is 7.60 Å². The van der Waals surface area contributed by atoms with E-state index in [1.165, 1.54) is 11.6 Å². The molecule has 0 radical (unpaired) electrons. The Morgan fingerprint density at radius 1 is 1.04 bits per heavy atom. The molecule has 3 aromatic rings. The summed E-state index contributed by atoms with van der Waals surface area (Å²) in [5.74, 6) is 0.470. The Labute approximate surface area is 161 Å². The number of nitrogens with one attached hydrogen (secondary N) is 1. The van der Waals surface area contributed by atoms with Crippen LogP contribution in [0, 0.1) is 0 Å². The van der Waals surface area contributed by atoms with Gasteiger partial charge in [0.15, 0.2) is 5.65 Å². The standard InChI is InChI=1S/C18H23N4O5P/c1-5-26-28(25,27-6-2)11-12-7-9-13(10-8-12)15-19-14-16(20-15)21(3)18(24)22(4)17(14)23/h7-10H,5-6,11H2,1-4H3,(H,19,20). The number of benzene rings is 1. The van der Waals surface area contributed by atoms with E-state index in [0.717, 1.165) is 15.7 Å². The summed E-state index contributed by atoms with van der Waals surface area (Å²) >= 11 is 0. The molecular weight excluding hydrogens is 383 g/mol. The molecule has 0 aliphatic heterocycles. The lowest BCUT2D eigenvalue weighted by atomic mass is 10.1. The SMILES string of the molecule is CCOP(=O)(Cc1ccc(-c2nc3c([nH]2)c(=O)n(C)c(=O)n3C)cc1)OCC. The zero-order valence-corrected chi connectivity index (χ0v) is 17.2. The topological polar surface area (TPSA) is 108 Å². The Kier molecular flexibility index (Phi) is 5.69. The number of H-pyrrole nitrogens is 1. The second-order valence-corrected chi connectivity index (χ2v) is 8.35. The van der Waals surface area contributed by atoms with Crippen molar-refractivity contribution in [1.82, 2.24) is 19.1 Å². The maximum absolute atomic E-state index is 12.7. The van der Waals surface area contributed by atoms with E-state index in [2.05, 4.69) is 9.97 Å². The van der Waals surface area contributed by atoms with E-state index in [1.54, 1.807) is 33.0 Å². The van der Waals surface area contributed by atoms with Gasteiger partial charge in [-0.25, -0.2) is 9.78 Å². The van der Waals surface area contributed by atoms with Gasteiger partial charge in [-0.3, -0.25) is 18.5 Å². The third-order valence-electron chi connectivity index (χ3n) is 4.35. The number of fused-ring (bicyclic) bond motifs is 1. The molecule has 0 aliphatic carbocycles. The quantitative estimate of drug-likeness (QED) is 0.604. The molecule has 0 spiro atoms. The molecule has 0 unspecified atom stereocenters. The Balaban J connectivity index is 1.95. The number of hydrogen-bond donors (Lipinski definition) is 1. The fourth-order valence-electron chi connectivity index (χ4n) is 2.98. The van der Waals surface area contributed by atoms with Crippen molar-refractivity contribution in [3.63, 3.8) is 0 Å². The number of imidazole rings is 1. The molecule has 0 amide bonds. The van der Waals surface area contributed by atoms with Crippen LogP contribution in [-0.2, 0) is 33.9 Å². The summed E-state index contributed by atoms with van der Waals surface area (Å²) in [6, 6.07) is 7.23. The fourth-order valence-corrected chi connectivity index (χ4v) is 4.68. The van der Waals surface area contributed by atoms with Crippen molar-refractivity contribution in [2.24, 2.45) is 14.1 Å². The van der Waals surface area contributed by atoms with Crippen LogP contribution in [0.4, 0.5) is 0 Å². The maximum Gasteiger partial charge on any atom is 0.335 e. The van der Waals surface area contributed by atoms with Gasteiger partial charge in [0.2, 0.25) is 0 Å². The molecule has 0 saturated carbocycles. The first-order valence-electron chi connectivity index (χ1n) is 8.92. The normalized spacial score (nSPS) is 12.0. The zero-order chi connectivity index (χ0) is 20.5. The summed E-state index contributed by atoms with van der Waals surface area (Å²) < 4.78 is 25.7. The number of aryl methyl sites for hydroxylation is 1. The summed E-state index contributed by atoms with van der Waals surface area (Å²) in [4.78, 5) is 31.7. The molecule has 0 fully saturated rings. The van der Waals surface area contributed by atoms with Crippen LogP contribution in [0.5, 0.6) is 0 Å². The van der Waals surface area contributed by atoms with Gasteiger partial charge in [0, 0.05) is 19.7 Å². The highest BCUT2D eigenvalue weighted by atomic mass is 31.2. The van der Waals surface area contributed by atoms with Crippen molar-refractivity contribution in [2.75, 3.05) is 13.2 Å². The smallest absolute Gasteiger partial charge is 0.332 e. The van der Waals surface area contributed by atoms with Crippen LogP contribution in [0.15, 0.2) is 33.9 Å². The van der Waals surface area contributed by atoms with Crippen molar-refractivity contribution >= 4 is 18.8 Å². The van der Waals surface area contributed by atoms with Gasteiger partial charge in [0.05, 0.1) is 19.4 Å². The Bertz CT molecular complexity index is 1150. The third kappa shape index (κ3) is 3.73. The predicted molar refractivity (Wildman–Crippen MR) is 107 cm³/mol. The van der Waals surface area contributed by atoms with E-state index in [9.17, 15) is 14.2 Å². The third-order valence-corrected chi connectivity index (χ3v) is 6.41. The number of rotatable bonds is 7. The largest absolute Gasteiger partial charge is 0.335 e. The molecule has 28 heavy (non-hydrogen) atoms. The van der Waals surface area contributed by atoms with E-state index in [4.69, 9.17) is 9.05 Å². The summed E-state index contributed by atoms with van der Waals surface area (Å²) in [6.45, 7) is 4.16. The minimum Gasteiger partial charge on any atom is -0.332 e. The zero-order valence-electron chi connectivity index (χ0n) is 16.3. The summed E-state index contributed by atoms with van der Waals surface area (Å²) in [5.41, 5.74) is 1.23. The first-order chi connectivity index (χ1) is 13.3. The van der Waals surface area contributed by atoms with Gasteiger partial charge in [-0.1, -0.05) is 24.3 Å². The molecule has 0 aliphatic rings. The Morgan fingerprint density at radius 2 is 1.64 bits per heavy atom. The van der Waals surface area contributed by atoms with Crippen LogP contribution in [0.3, 0.4) is 0 Å². The molecule has 3 rings (SSSR count). The molecule has 2 heterocycles. The minimum atomic E-state index is -3.18. The molecule has 2 aromatic heterocycles. The van der Waals surface area contributed by atoms with E-state index < -0.39 is 18.8 Å². The molecule has 0 atom stereocenters. The van der Waals surface area contributed by atoms with Crippen molar-refractivity contribution in [1.29, 1.82) is 0 Å². The van der Waals surface area contributed by atoms with Crippen molar-refractivity contribution in [2.45, 2.75) is 20.0 Å². The van der Waals surface area contributed by atoms with Gasteiger partial charge in [0.25, 0.3) is 5.56 Å². The number of nitrogens with zero attached hydrogens (tertiary/aromatic N) is 3. The van der Waals surface area contributed by atoms with E-state index in [-0.39, 0.29) is 11.7 Å². The lowest BCUT2D eigenvalue weighted by Crippen LogP contribution is -2.36. The van der Waals surface area contributed by atoms with Gasteiger partial charge >= 0.3 is 13.3 Å². The van der Waals surface area contributed by atoms with Crippen molar-refractivity contribution in [3.05, 3.63) is 50.7 Å². The highest BCUT2D eigenvalue weighted by molar-refractivity contribution is 7.53. The fraction of sp³-hybridized carbons (Fsp3) is 0.389. The first-order valence-corrected chi connectivity index (χ1v) is 10.7. The minimum absolute atomic E-state index is 0.171. The van der Waals surface area contributed by atoms with E-state index in [1.807, 2.05) is 12.1 Å². The number of aromatic amines is 1. The summed E-state index contributed by atoms with van der Waals surface area (Å²) in [7, 11) is -0.190. The van der Waals surface area contributed by atoms with E-state index in [0.29, 0.717) is 24.7 Å². The second-order valence-electron chi connectivity index (χ2n) is 6.29. The summed E-state index contributed by atoms with van der Waals surface area (Å²) in [6.07, 6.45) is 0.171. The van der Waals surface area contributed by atoms with Crippen LogP contribution < -0.4 is 11.2 Å². The van der Waals surface area contributed by atoms with Crippen LogP contribution in [0.25, 0.3) is 22.6 Å². The lowest BCUT2D eigenvalue weighted by Gasteiger charge is -2.17. The molecule has 150 valence electrons. The van der Waals surface area contributed by atoms with Gasteiger partial charge in [0.1, 0.15) is 11.3 Å². The van der Waals surface area contributed by atoms with Crippen LogP contribution in [0.2, 0.25) is 0 Å². The Morgan fingerprint density at radius 3 is 2.21 bits per heavy atom. The van der Waals surface area contributed by atoms with Gasteiger partial charge in [-0.15, -0.1) is 0 Å². The predicted octanol–water partition coefficient (Wildman–Crippen LogP) is 2.39. The summed E-state index contributed by atoms with van der Waals surface area (Å²) in [5, 5.41) is 0. The highest BCUT2D eigenvalue weighted by Gasteiger charge is 2.24. The van der Waals surface area contributed by atoms with Crippen LogP contribution in [-0.4, -0.2) is 32.3 Å². The lowest BCUT2D eigenvalue weighted by molar-refractivity contribution is 0.219. The van der Waals surface area contributed by atoms with Gasteiger partial charge in [-0.05, 0) is 19.4 Å². The molecule has 0 saturated heterocycles. The van der Waals surface area contributed by atoms with Crippen molar-refractivity contribution in [3.8, 4) is 11.4 Å². The molecule has 1 N–H and O–H groups in total. The average Bonchev–Trinajstić information content (AvgIpc) is 3.11. The second kappa shape index (κ2) is 7.87. The number of hydrogen-bond acceptors (Lipinski definition) is 6. The molecular formula is C18H23N4O5P. The first kappa shape index (κ1) is 20.3. The Hall–Kier alpha value is -2.48. The molecule has 0 bridgehead atoms. The van der Waals surface area contributed by atoms with Gasteiger partial charge in [-0.2, -0.15) is 0 Å². The molecule has 1 aromatic carbocycles. The maximum atomic E-state index is 12.7. The van der Waals surface area contributed by atoms with Crippen LogP contribution in [0.1, 0.15) is 19.4 Å². The van der Waals surface area contributed by atoms with E-state index >= 15 is 0 Å². The average molecular weight is 406 g/mol. The molecule has 10 heteroatoms. The van der Waals surface area contributed by atoms with Gasteiger partial charge < -0.3 is 14.0 Å².